The van der Waals surface area contributed by atoms with E-state index in [0.717, 1.165) is 6.26 Å². The van der Waals surface area contributed by atoms with Crippen molar-refractivity contribution in [2.24, 2.45) is 0 Å². The lowest BCUT2D eigenvalue weighted by atomic mass is 10.0. The zero-order valence-corrected chi connectivity index (χ0v) is 10.2. The highest BCUT2D eigenvalue weighted by Gasteiger charge is 2.28. The molecule has 1 rings (SSSR count). The summed E-state index contributed by atoms with van der Waals surface area (Å²) in [6.07, 6.45) is 0.481. The fraction of sp³-hybridized carbons (Fsp3) is 0.455. The Hall–Kier alpha value is -1.07. The van der Waals surface area contributed by atoms with E-state index in [9.17, 15) is 13.5 Å². The number of aliphatic hydroxyl groups is 1. The Labute approximate surface area is 96.0 Å². The summed E-state index contributed by atoms with van der Waals surface area (Å²) in [5.41, 5.74) is 6.64. The number of benzene rings is 1. The van der Waals surface area contributed by atoms with Crippen molar-refractivity contribution >= 4 is 15.5 Å². The van der Waals surface area contributed by atoms with Gasteiger partial charge in [0.2, 0.25) is 0 Å². The Balaban J connectivity index is 3.05. The molecular formula is C11H17NO3S. The van der Waals surface area contributed by atoms with E-state index in [2.05, 4.69) is 0 Å². The van der Waals surface area contributed by atoms with Crippen LogP contribution in [0.1, 0.15) is 25.0 Å². The molecule has 4 nitrogen and oxygen atoms in total. The minimum absolute atomic E-state index is 0.370. The SMILES string of the molecule is CC[C@H]([C@H](O)c1cccc(N)c1)S(C)(=O)=O. The van der Waals surface area contributed by atoms with Gasteiger partial charge in [-0.3, -0.25) is 0 Å². The van der Waals surface area contributed by atoms with Crippen molar-refractivity contribution < 1.29 is 13.5 Å². The van der Waals surface area contributed by atoms with Gasteiger partial charge in [0, 0.05) is 11.9 Å². The third-order valence-corrected chi connectivity index (χ3v) is 4.25. The van der Waals surface area contributed by atoms with Gasteiger partial charge >= 0.3 is 0 Å². The van der Waals surface area contributed by atoms with Crippen LogP contribution in [0, 0.1) is 0 Å². The quantitative estimate of drug-likeness (QED) is 0.777. The molecule has 2 atom stereocenters. The summed E-state index contributed by atoms with van der Waals surface area (Å²) in [5, 5.41) is 9.22. The van der Waals surface area contributed by atoms with Gasteiger partial charge in [-0.05, 0) is 24.1 Å². The minimum atomic E-state index is -3.27. The zero-order chi connectivity index (χ0) is 12.3. The lowest BCUT2D eigenvalue weighted by molar-refractivity contribution is 0.169. The van der Waals surface area contributed by atoms with Crippen LogP contribution in [0.15, 0.2) is 24.3 Å². The predicted octanol–water partition coefficient (Wildman–Crippen LogP) is 1.13. The number of nitrogens with two attached hydrogens (primary N) is 1. The molecule has 0 radical (unpaired) electrons. The topological polar surface area (TPSA) is 80.4 Å². The number of sulfone groups is 1. The smallest absolute Gasteiger partial charge is 0.153 e. The number of hydrogen-bond donors (Lipinski definition) is 2. The second-order valence-electron chi connectivity index (χ2n) is 3.89. The fourth-order valence-corrected chi connectivity index (χ4v) is 2.95. The molecule has 0 amide bonds. The third-order valence-electron chi connectivity index (χ3n) is 2.56. The van der Waals surface area contributed by atoms with Crippen molar-refractivity contribution in [1.29, 1.82) is 0 Å². The van der Waals surface area contributed by atoms with Crippen LogP contribution in [0.25, 0.3) is 0 Å². The Morgan fingerprint density at radius 1 is 1.44 bits per heavy atom. The minimum Gasteiger partial charge on any atom is -0.399 e. The Morgan fingerprint density at radius 3 is 2.50 bits per heavy atom. The van der Waals surface area contributed by atoms with E-state index >= 15 is 0 Å². The molecule has 16 heavy (non-hydrogen) atoms. The maximum absolute atomic E-state index is 11.5. The predicted molar refractivity (Wildman–Crippen MR) is 64.7 cm³/mol. The molecule has 3 N–H and O–H groups in total. The van der Waals surface area contributed by atoms with Crippen LogP contribution >= 0.6 is 0 Å². The molecule has 1 aromatic carbocycles. The van der Waals surface area contributed by atoms with Gasteiger partial charge in [0.25, 0.3) is 0 Å². The number of aliphatic hydroxyl groups excluding tert-OH is 1. The molecule has 0 fully saturated rings. The molecule has 5 heteroatoms. The average molecular weight is 243 g/mol. The first-order valence-electron chi connectivity index (χ1n) is 5.08. The van der Waals surface area contributed by atoms with Crippen LogP contribution in [0.3, 0.4) is 0 Å². The van der Waals surface area contributed by atoms with Crippen molar-refractivity contribution in [2.75, 3.05) is 12.0 Å². The highest BCUT2D eigenvalue weighted by molar-refractivity contribution is 7.91. The summed E-state index contributed by atoms with van der Waals surface area (Å²) in [7, 11) is -3.27. The first kappa shape index (κ1) is 13.0. The van der Waals surface area contributed by atoms with Crippen LogP contribution < -0.4 is 5.73 Å². The molecule has 1 aromatic rings. The summed E-state index contributed by atoms with van der Waals surface area (Å²) in [4.78, 5) is 0. The van der Waals surface area contributed by atoms with Crippen LogP contribution in [0.2, 0.25) is 0 Å². The lowest BCUT2D eigenvalue weighted by Crippen LogP contribution is -2.26. The molecule has 0 saturated heterocycles. The van der Waals surface area contributed by atoms with Gasteiger partial charge in [-0.15, -0.1) is 0 Å². The first-order valence-corrected chi connectivity index (χ1v) is 7.04. The second-order valence-corrected chi connectivity index (χ2v) is 6.16. The Kier molecular flexibility index (Phi) is 3.93. The van der Waals surface area contributed by atoms with Gasteiger partial charge in [-0.25, -0.2) is 8.42 Å². The highest BCUT2D eigenvalue weighted by atomic mass is 32.2. The van der Waals surface area contributed by atoms with Crippen LogP contribution in [0.4, 0.5) is 5.69 Å². The molecule has 0 aromatic heterocycles. The number of hydrogen-bond acceptors (Lipinski definition) is 4. The summed E-state index contributed by atoms with van der Waals surface area (Å²) < 4.78 is 22.9. The maximum Gasteiger partial charge on any atom is 0.153 e. The normalized spacial score (nSPS) is 15.7. The van der Waals surface area contributed by atoms with E-state index in [0.29, 0.717) is 17.7 Å². The largest absolute Gasteiger partial charge is 0.399 e. The zero-order valence-electron chi connectivity index (χ0n) is 9.42. The lowest BCUT2D eigenvalue weighted by Gasteiger charge is -2.20. The summed E-state index contributed by atoms with van der Waals surface area (Å²) >= 11 is 0. The van der Waals surface area contributed by atoms with E-state index in [1.807, 2.05) is 0 Å². The number of nitrogen functional groups attached to an aromatic ring is 1. The monoisotopic (exact) mass is 243 g/mol. The Bertz CT molecular complexity index is 456. The van der Waals surface area contributed by atoms with E-state index in [-0.39, 0.29) is 0 Å². The van der Waals surface area contributed by atoms with Crippen molar-refractivity contribution in [1.82, 2.24) is 0 Å². The fourth-order valence-electron chi connectivity index (χ4n) is 1.72. The molecular weight excluding hydrogens is 226 g/mol. The standard InChI is InChI=1S/C11H17NO3S/c1-3-10(16(2,14)15)11(13)8-5-4-6-9(12)7-8/h4-7,10-11,13H,3,12H2,1-2H3/t10-,11-/m1/s1. The van der Waals surface area contributed by atoms with Gasteiger partial charge in [0.05, 0.1) is 11.4 Å². The molecule has 0 aliphatic rings. The second kappa shape index (κ2) is 4.84. The molecule has 0 heterocycles. The summed E-state index contributed by atoms with van der Waals surface area (Å²) in [6, 6.07) is 6.66. The van der Waals surface area contributed by atoms with E-state index in [4.69, 9.17) is 5.73 Å². The number of rotatable bonds is 4. The van der Waals surface area contributed by atoms with Crippen LogP contribution in [-0.2, 0) is 9.84 Å². The molecule has 0 unspecified atom stereocenters. The molecule has 0 aliphatic heterocycles. The Morgan fingerprint density at radius 2 is 2.06 bits per heavy atom. The molecule has 0 spiro atoms. The molecule has 0 aliphatic carbocycles. The van der Waals surface area contributed by atoms with Gasteiger partial charge in [-0.1, -0.05) is 19.1 Å². The van der Waals surface area contributed by atoms with Crippen molar-refractivity contribution in [3.63, 3.8) is 0 Å². The van der Waals surface area contributed by atoms with Crippen molar-refractivity contribution in [3.8, 4) is 0 Å². The maximum atomic E-state index is 11.5. The molecule has 90 valence electrons. The first-order chi connectivity index (χ1) is 7.36. The summed E-state index contributed by atoms with van der Waals surface area (Å²) in [5.74, 6) is 0. The summed E-state index contributed by atoms with van der Waals surface area (Å²) in [6.45, 7) is 1.74. The van der Waals surface area contributed by atoms with Gasteiger partial charge < -0.3 is 10.8 Å². The van der Waals surface area contributed by atoms with Gasteiger partial charge in [0.15, 0.2) is 9.84 Å². The van der Waals surface area contributed by atoms with E-state index < -0.39 is 21.2 Å². The van der Waals surface area contributed by atoms with Crippen LogP contribution in [0.5, 0.6) is 0 Å². The van der Waals surface area contributed by atoms with E-state index in [1.54, 1.807) is 31.2 Å². The van der Waals surface area contributed by atoms with Crippen LogP contribution in [-0.4, -0.2) is 25.0 Å². The third kappa shape index (κ3) is 2.96. The van der Waals surface area contributed by atoms with Gasteiger partial charge in [0.1, 0.15) is 0 Å². The molecule has 0 bridgehead atoms. The van der Waals surface area contributed by atoms with Crippen molar-refractivity contribution in [3.05, 3.63) is 29.8 Å². The van der Waals surface area contributed by atoms with E-state index in [1.165, 1.54) is 0 Å². The van der Waals surface area contributed by atoms with Crippen molar-refractivity contribution in [2.45, 2.75) is 24.7 Å². The van der Waals surface area contributed by atoms with Gasteiger partial charge in [-0.2, -0.15) is 0 Å². The highest BCUT2D eigenvalue weighted by Crippen LogP contribution is 2.25. The molecule has 0 saturated carbocycles. The average Bonchev–Trinajstić information content (AvgIpc) is 2.16. The number of anilines is 1.